The first-order valence-corrected chi connectivity index (χ1v) is 19.1. The molecular formula is C40H76ClN. The maximum Gasteiger partial charge on any atom is 0.00218 e. The van der Waals surface area contributed by atoms with Gasteiger partial charge in [-0.25, -0.2) is 0 Å². The summed E-state index contributed by atoms with van der Waals surface area (Å²) >= 11 is 0. The molecule has 2 heteroatoms. The van der Waals surface area contributed by atoms with E-state index in [2.05, 4.69) is 49.1 Å². The van der Waals surface area contributed by atoms with Crippen molar-refractivity contribution in [3.8, 4) is 0 Å². The third-order valence-electron chi connectivity index (χ3n) is 9.22. The van der Waals surface area contributed by atoms with Crippen molar-refractivity contribution < 1.29 is 0 Å². The summed E-state index contributed by atoms with van der Waals surface area (Å²) in [5.74, 6) is 0. The summed E-state index contributed by atoms with van der Waals surface area (Å²) in [4.78, 5) is 2.79. The predicted molar refractivity (Wildman–Crippen MR) is 194 cm³/mol. The molecule has 1 rings (SSSR count). The molecule has 0 saturated heterocycles. The molecule has 0 radical (unpaired) electrons. The smallest absolute Gasteiger partial charge is 0.00218 e. The Hall–Kier alpha value is -0.530. The molecule has 0 aliphatic heterocycles. The normalized spacial score (nSPS) is 11.3. The number of nitrogens with zero attached hydrogens (tertiary/aromatic N) is 1. The van der Waals surface area contributed by atoms with E-state index in [4.69, 9.17) is 0 Å². The number of hydrogen-bond acceptors (Lipinski definition) is 1. The molecule has 1 aromatic rings. The van der Waals surface area contributed by atoms with Crippen molar-refractivity contribution in [3.63, 3.8) is 0 Å². The van der Waals surface area contributed by atoms with Gasteiger partial charge in [-0.1, -0.05) is 211 Å². The van der Waals surface area contributed by atoms with Gasteiger partial charge < -0.3 is 4.90 Å². The van der Waals surface area contributed by atoms with E-state index >= 15 is 0 Å². The van der Waals surface area contributed by atoms with E-state index in [1.165, 1.54) is 211 Å². The van der Waals surface area contributed by atoms with Gasteiger partial charge >= 0.3 is 0 Å². The maximum atomic E-state index is 2.79. The first-order chi connectivity index (χ1) is 20.4. The average Bonchev–Trinajstić information content (AvgIpc) is 3.00. The molecule has 0 bridgehead atoms. The van der Waals surface area contributed by atoms with Crippen LogP contribution in [0.25, 0.3) is 0 Å². The Bertz CT molecular complexity index is 571. The highest BCUT2D eigenvalue weighted by atomic mass is 35.5. The number of unbranched alkanes of at least 4 members (excludes halogenated alkanes) is 26. The molecule has 248 valence electrons. The molecule has 0 heterocycles. The lowest BCUT2D eigenvalue weighted by atomic mass is 10.0. The zero-order chi connectivity index (χ0) is 29.3. The Kier molecular flexibility index (Phi) is 34.5. The van der Waals surface area contributed by atoms with Crippen molar-refractivity contribution in [1.82, 2.24) is 4.90 Å². The Balaban J connectivity index is 0.0000168. The zero-order valence-electron chi connectivity index (χ0n) is 28.9. The van der Waals surface area contributed by atoms with Gasteiger partial charge in [0, 0.05) is 6.54 Å². The van der Waals surface area contributed by atoms with Crippen LogP contribution in [0.4, 0.5) is 0 Å². The third-order valence-corrected chi connectivity index (χ3v) is 9.22. The van der Waals surface area contributed by atoms with Gasteiger partial charge in [-0.3, -0.25) is 0 Å². The van der Waals surface area contributed by atoms with Crippen LogP contribution in [0.15, 0.2) is 30.3 Å². The van der Waals surface area contributed by atoms with Gasteiger partial charge in [0.05, 0.1) is 0 Å². The summed E-state index contributed by atoms with van der Waals surface area (Å²) in [6.07, 6.45) is 41.8. The van der Waals surface area contributed by atoms with Crippen molar-refractivity contribution in [2.24, 2.45) is 0 Å². The molecule has 0 aromatic heterocycles. The second-order valence-corrected chi connectivity index (χ2v) is 13.3. The predicted octanol–water partition coefficient (Wildman–Crippen LogP) is 13.9. The summed E-state index contributed by atoms with van der Waals surface area (Å²) in [5.41, 5.74) is 1.50. The van der Waals surface area contributed by atoms with Crippen LogP contribution >= 0.6 is 12.4 Å². The van der Waals surface area contributed by atoms with Crippen LogP contribution in [-0.2, 0) is 6.42 Å². The van der Waals surface area contributed by atoms with Crippen LogP contribution in [-0.4, -0.2) is 24.5 Å². The van der Waals surface area contributed by atoms with E-state index < -0.39 is 0 Å². The van der Waals surface area contributed by atoms with Gasteiger partial charge in [0.25, 0.3) is 0 Å². The Labute approximate surface area is 272 Å². The lowest BCUT2D eigenvalue weighted by Gasteiger charge is -2.22. The molecule has 0 atom stereocenters. The number of hydrogen-bond donors (Lipinski definition) is 0. The SMILES string of the molecule is CCCCCCCCCCCCCCCCN(CCCCCCCCCCCCCCCC)CCc1ccccc1.Cl. The van der Waals surface area contributed by atoms with Crippen molar-refractivity contribution in [3.05, 3.63) is 35.9 Å². The maximum absolute atomic E-state index is 2.79. The van der Waals surface area contributed by atoms with Crippen molar-refractivity contribution in [1.29, 1.82) is 0 Å². The molecule has 0 amide bonds. The Morgan fingerprint density at radius 3 is 0.952 bits per heavy atom. The summed E-state index contributed by atoms with van der Waals surface area (Å²) in [6, 6.07) is 11.1. The number of benzene rings is 1. The van der Waals surface area contributed by atoms with E-state index in [9.17, 15) is 0 Å². The standard InChI is InChI=1S/C40H75N.ClH/c1-3-5-7-9-11-13-15-17-19-21-23-25-27-32-37-41(39-36-40-34-30-29-31-35-40)38-33-28-26-24-22-20-18-16-14-12-10-8-6-4-2;/h29-31,34-35H,3-28,32-33,36-39H2,1-2H3;1H. The fourth-order valence-electron chi connectivity index (χ4n) is 6.33. The van der Waals surface area contributed by atoms with Crippen LogP contribution in [0.3, 0.4) is 0 Å². The van der Waals surface area contributed by atoms with Crippen LogP contribution in [0.2, 0.25) is 0 Å². The molecule has 1 nitrogen and oxygen atoms in total. The van der Waals surface area contributed by atoms with Gasteiger partial charge in [0.2, 0.25) is 0 Å². The van der Waals surface area contributed by atoms with E-state index in [1.54, 1.807) is 0 Å². The van der Waals surface area contributed by atoms with Gasteiger partial charge in [0.1, 0.15) is 0 Å². The van der Waals surface area contributed by atoms with E-state index in [1.807, 2.05) is 0 Å². The summed E-state index contributed by atoms with van der Waals surface area (Å²) in [7, 11) is 0. The Morgan fingerprint density at radius 1 is 0.357 bits per heavy atom. The molecule has 0 saturated carbocycles. The van der Waals surface area contributed by atoms with Crippen molar-refractivity contribution >= 4 is 12.4 Å². The van der Waals surface area contributed by atoms with E-state index in [0.717, 1.165) is 0 Å². The monoisotopic (exact) mass is 606 g/mol. The van der Waals surface area contributed by atoms with Gasteiger partial charge in [-0.2, -0.15) is 0 Å². The first-order valence-electron chi connectivity index (χ1n) is 19.1. The number of rotatable bonds is 33. The summed E-state index contributed by atoms with van der Waals surface area (Å²) in [5, 5.41) is 0. The highest BCUT2D eigenvalue weighted by molar-refractivity contribution is 5.85. The highest BCUT2D eigenvalue weighted by Crippen LogP contribution is 2.15. The molecule has 0 aliphatic carbocycles. The lowest BCUT2D eigenvalue weighted by Crippen LogP contribution is -2.28. The first kappa shape index (κ1) is 41.5. The second kappa shape index (κ2) is 35.0. The van der Waals surface area contributed by atoms with E-state index in [0.29, 0.717) is 0 Å². The molecule has 0 fully saturated rings. The van der Waals surface area contributed by atoms with E-state index in [-0.39, 0.29) is 12.4 Å². The Morgan fingerprint density at radius 2 is 0.643 bits per heavy atom. The van der Waals surface area contributed by atoms with Crippen LogP contribution < -0.4 is 0 Å². The zero-order valence-corrected chi connectivity index (χ0v) is 29.7. The molecule has 42 heavy (non-hydrogen) atoms. The second-order valence-electron chi connectivity index (χ2n) is 13.3. The summed E-state index contributed by atoms with van der Waals surface area (Å²) in [6.45, 7) is 8.47. The molecule has 0 unspecified atom stereocenters. The fourth-order valence-corrected chi connectivity index (χ4v) is 6.33. The largest absolute Gasteiger partial charge is 0.303 e. The van der Waals surface area contributed by atoms with Crippen LogP contribution in [0.1, 0.15) is 199 Å². The van der Waals surface area contributed by atoms with Gasteiger partial charge in [0.15, 0.2) is 0 Å². The minimum Gasteiger partial charge on any atom is -0.303 e. The fraction of sp³-hybridized carbons (Fsp3) is 0.850. The summed E-state index contributed by atoms with van der Waals surface area (Å²) < 4.78 is 0. The third kappa shape index (κ3) is 29.5. The van der Waals surface area contributed by atoms with Crippen LogP contribution in [0.5, 0.6) is 0 Å². The highest BCUT2D eigenvalue weighted by Gasteiger charge is 2.06. The minimum absolute atomic E-state index is 0. The molecule has 0 aliphatic rings. The molecule has 0 N–H and O–H groups in total. The van der Waals surface area contributed by atoms with Gasteiger partial charge in [-0.05, 0) is 37.9 Å². The molecule has 0 spiro atoms. The van der Waals surface area contributed by atoms with Crippen LogP contribution in [0, 0.1) is 0 Å². The molecular weight excluding hydrogens is 530 g/mol. The van der Waals surface area contributed by atoms with Gasteiger partial charge in [-0.15, -0.1) is 12.4 Å². The average molecular weight is 607 g/mol. The lowest BCUT2D eigenvalue weighted by molar-refractivity contribution is 0.263. The topological polar surface area (TPSA) is 3.24 Å². The number of halogens is 1. The van der Waals surface area contributed by atoms with Crippen molar-refractivity contribution in [2.75, 3.05) is 19.6 Å². The quantitative estimate of drug-likeness (QED) is 0.0720. The minimum atomic E-state index is 0. The van der Waals surface area contributed by atoms with Crippen molar-refractivity contribution in [2.45, 2.75) is 200 Å². The molecule has 1 aromatic carbocycles.